The molecule has 0 atom stereocenters. The molecule has 0 bridgehead atoms. The maximum absolute atomic E-state index is 11.4. The number of rotatable bonds is 0. The molecule has 0 aromatic heterocycles. The van der Waals surface area contributed by atoms with E-state index in [0.717, 1.165) is 27.2 Å². The van der Waals surface area contributed by atoms with Gasteiger partial charge in [-0.05, 0) is 24.1 Å². The molecule has 0 saturated carbocycles. The number of halogens is 2. The Kier molecular flexibility index (Phi) is 2.54. The topological polar surface area (TPSA) is 20.3 Å². The zero-order valence-corrected chi connectivity index (χ0v) is 10.0. The first kappa shape index (κ1) is 9.99. The highest BCUT2D eigenvalue weighted by molar-refractivity contribution is 9.10. The lowest BCUT2D eigenvalue weighted by Crippen LogP contribution is -2.31. The highest BCUT2D eigenvalue weighted by Crippen LogP contribution is 2.35. The first-order chi connectivity index (χ1) is 6.59. The van der Waals surface area contributed by atoms with Crippen molar-refractivity contribution in [1.29, 1.82) is 0 Å². The Bertz CT molecular complexity index is 405. The average molecular weight is 275 g/mol. The lowest BCUT2D eigenvalue weighted by molar-refractivity contribution is -0.118. The van der Waals surface area contributed by atoms with Crippen molar-refractivity contribution in [3.8, 4) is 0 Å². The minimum atomic E-state index is 0.145. The molecule has 0 aliphatic carbocycles. The van der Waals surface area contributed by atoms with Crippen LogP contribution in [0.1, 0.15) is 12.0 Å². The van der Waals surface area contributed by atoms with Gasteiger partial charge in [0.1, 0.15) is 0 Å². The molecule has 14 heavy (non-hydrogen) atoms. The number of carbonyl (C=O) groups excluding carboxylic acids is 1. The summed E-state index contributed by atoms with van der Waals surface area (Å²) in [5.41, 5.74) is 1.98. The Labute approximate surface area is 96.0 Å². The van der Waals surface area contributed by atoms with E-state index >= 15 is 0 Å². The lowest BCUT2D eigenvalue weighted by Gasteiger charge is -2.26. The van der Waals surface area contributed by atoms with Crippen LogP contribution in [0.25, 0.3) is 0 Å². The predicted molar refractivity (Wildman–Crippen MR) is 60.9 cm³/mol. The van der Waals surface area contributed by atoms with E-state index < -0.39 is 0 Å². The summed E-state index contributed by atoms with van der Waals surface area (Å²) >= 11 is 9.46. The molecule has 1 aliphatic rings. The fourth-order valence-electron chi connectivity index (χ4n) is 1.67. The summed E-state index contributed by atoms with van der Waals surface area (Å²) in [7, 11) is 1.78. The van der Waals surface area contributed by atoms with Crippen LogP contribution in [0.15, 0.2) is 16.6 Å². The van der Waals surface area contributed by atoms with E-state index in [4.69, 9.17) is 11.6 Å². The van der Waals surface area contributed by atoms with E-state index in [1.807, 2.05) is 12.1 Å². The number of hydrogen-bond acceptors (Lipinski definition) is 1. The van der Waals surface area contributed by atoms with Crippen molar-refractivity contribution in [3.63, 3.8) is 0 Å². The van der Waals surface area contributed by atoms with Gasteiger partial charge in [0.2, 0.25) is 5.91 Å². The molecule has 0 radical (unpaired) electrons. The molecule has 74 valence electrons. The minimum Gasteiger partial charge on any atom is -0.315 e. The van der Waals surface area contributed by atoms with Crippen LogP contribution in [0.2, 0.25) is 5.02 Å². The normalized spacial score (nSPS) is 15.6. The van der Waals surface area contributed by atoms with Crippen molar-refractivity contribution < 1.29 is 4.79 Å². The van der Waals surface area contributed by atoms with Crippen molar-refractivity contribution >= 4 is 39.1 Å². The first-order valence-corrected chi connectivity index (χ1v) is 5.51. The molecule has 0 saturated heterocycles. The van der Waals surface area contributed by atoms with Gasteiger partial charge in [-0.1, -0.05) is 27.5 Å². The second-order valence-corrected chi connectivity index (χ2v) is 4.66. The molecule has 0 fully saturated rings. The number of fused-ring (bicyclic) bond motifs is 1. The first-order valence-electron chi connectivity index (χ1n) is 4.34. The van der Waals surface area contributed by atoms with E-state index in [0.29, 0.717) is 6.42 Å². The Morgan fingerprint density at radius 3 is 2.86 bits per heavy atom. The Morgan fingerprint density at radius 2 is 2.14 bits per heavy atom. The van der Waals surface area contributed by atoms with Crippen LogP contribution in [0.3, 0.4) is 0 Å². The third-order valence-electron chi connectivity index (χ3n) is 2.46. The Morgan fingerprint density at radius 1 is 1.43 bits per heavy atom. The smallest absolute Gasteiger partial charge is 0.227 e. The molecule has 1 heterocycles. The second-order valence-electron chi connectivity index (χ2n) is 3.34. The number of anilines is 1. The number of nitrogens with zero attached hydrogens (tertiary/aromatic N) is 1. The van der Waals surface area contributed by atoms with Crippen LogP contribution in [-0.2, 0) is 11.2 Å². The zero-order chi connectivity index (χ0) is 10.3. The van der Waals surface area contributed by atoms with E-state index in [9.17, 15) is 4.79 Å². The summed E-state index contributed by atoms with van der Waals surface area (Å²) < 4.78 is 0.905. The molecule has 0 N–H and O–H groups in total. The fourth-order valence-corrected chi connectivity index (χ4v) is 2.56. The highest BCUT2D eigenvalue weighted by atomic mass is 79.9. The maximum Gasteiger partial charge on any atom is 0.227 e. The van der Waals surface area contributed by atoms with Crippen LogP contribution in [0, 0.1) is 0 Å². The fraction of sp³-hybridized carbons (Fsp3) is 0.300. The third-order valence-corrected chi connectivity index (χ3v) is 3.26. The highest BCUT2D eigenvalue weighted by Gasteiger charge is 2.22. The third kappa shape index (κ3) is 1.55. The number of amides is 1. The summed E-state index contributed by atoms with van der Waals surface area (Å²) in [6, 6.07) is 3.79. The standard InChI is InChI=1S/C10H9BrClNO/c1-13-9-5-6(11)4-8(12)7(9)2-3-10(13)14/h4-5H,2-3H2,1H3. The molecule has 2 nitrogen and oxygen atoms in total. The summed E-state index contributed by atoms with van der Waals surface area (Å²) in [6.07, 6.45) is 1.29. The molecular weight excluding hydrogens is 265 g/mol. The van der Waals surface area contributed by atoms with E-state index in [1.54, 1.807) is 11.9 Å². The molecule has 1 amide bonds. The van der Waals surface area contributed by atoms with Gasteiger partial charge in [-0.15, -0.1) is 0 Å². The molecule has 4 heteroatoms. The van der Waals surface area contributed by atoms with E-state index in [2.05, 4.69) is 15.9 Å². The van der Waals surface area contributed by atoms with Crippen molar-refractivity contribution in [2.75, 3.05) is 11.9 Å². The van der Waals surface area contributed by atoms with Crippen molar-refractivity contribution in [1.82, 2.24) is 0 Å². The van der Waals surface area contributed by atoms with Crippen LogP contribution in [0.4, 0.5) is 5.69 Å². The van der Waals surface area contributed by atoms with Crippen molar-refractivity contribution in [2.45, 2.75) is 12.8 Å². The van der Waals surface area contributed by atoms with Gasteiger partial charge in [0.05, 0.1) is 0 Å². The number of hydrogen-bond donors (Lipinski definition) is 0. The lowest BCUT2D eigenvalue weighted by atomic mass is 10.0. The zero-order valence-electron chi connectivity index (χ0n) is 7.68. The molecule has 1 aromatic rings. The van der Waals surface area contributed by atoms with Gasteiger partial charge in [-0.3, -0.25) is 4.79 Å². The monoisotopic (exact) mass is 273 g/mol. The van der Waals surface area contributed by atoms with Crippen molar-refractivity contribution in [2.24, 2.45) is 0 Å². The van der Waals surface area contributed by atoms with Gasteiger partial charge in [-0.2, -0.15) is 0 Å². The largest absolute Gasteiger partial charge is 0.315 e. The van der Waals surface area contributed by atoms with Gasteiger partial charge in [0.15, 0.2) is 0 Å². The molecular formula is C10H9BrClNO. The van der Waals surface area contributed by atoms with E-state index in [-0.39, 0.29) is 5.91 Å². The summed E-state index contributed by atoms with van der Waals surface area (Å²) in [6.45, 7) is 0. The number of benzene rings is 1. The van der Waals surface area contributed by atoms with Crippen molar-refractivity contribution in [3.05, 3.63) is 27.2 Å². The quantitative estimate of drug-likeness (QED) is 0.712. The summed E-state index contributed by atoms with van der Waals surface area (Å²) in [5.74, 6) is 0.145. The summed E-state index contributed by atoms with van der Waals surface area (Å²) in [4.78, 5) is 13.1. The molecule has 0 spiro atoms. The molecule has 2 rings (SSSR count). The minimum absolute atomic E-state index is 0.145. The average Bonchev–Trinajstić information content (AvgIpc) is 2.12. The van der Waals surface area contributed by atoms with Crippen LogP contribution in [0.5, 0.6) is 0 Å². The predicted octanol–water partition coefficient (Wildman–Crippen LogP) is 3.01. The second kappa shape index (κ2) is 3.55. The van der Waals surface area contributed by atoms with Crippen LogP contribution in [-0.4, -0.2) is 13.0 Å². The van der Waals surface area contributed by atoms with Crippen LogP contribution < -0.4 is 4.90 Å². The van der Waals surface area contributed by atoms with Gasteiger partial charge >= 0.3 is 0 Å². The summed E-state index contributed by atoms with van der Waals surface area (Å²) in [5, 5.41) is 0.730. The van der Waals surface area contributed by atoms with E-state index in [1.165, 1.54) is 0 Å². The SMILES string of the molecule is CN1C(=O)CCc2c(Cl)cc(Br)cc21. The van der Waals surface area contributed by atoms with Crippen LogP contribution >= 0.6 is 27.5 Å². The maximum atomic E-state index is 11.4. The molecule has 1 aliphatic heterocycles. The Hall–Kier alpha value is -0.540. The van der Waals surface area contributed by atoms with Gasteiger partial charge in [-0.25, -0.2) is 0 Å². The molecule has 0 unspecified atom stereocenters. The Balaban J connectivity index is 2.59. The van der Waals surface area contributed by atoms with Gasteiger partial charge in [0, 0.05) is 28.7 Å². The molecule has 1 aromatic carbocycles. The van der Waals surface area contributed by atoms with Gasteiger partial charge < -0.3 is 4.90 Å². The number of carbonyl (C=O) groups is 1. The van der Waals surface area contributed by atoms with Gasteiger partial charge in [0.25, 0.3) is 0 Å².